The van der Waals surface area contributed by atoms with Crippen LogP contribution >= 0.6 is 11.6 Å². The van der Waals surface area contributed by atoms with Crippen LogP contribution in [0.2, 0.25) is 5.02 Å². The average molecular weight is 387 g/mol. The lowest BCUT2D eigenvalue weighted by Gasteiger charge is -2.30. The number of halogens is 1. The van der Waals surface area contributed by atoms with Gasteiger partial charge in [-0.05, 0) is 6.07 Å². The van der Waals surface area contributed by atoms with Crippen molar-refractivity contribution in [1.29, 1.82) is 0 Å². The molecule has 0 spiro atoms. The Balaban J connectivity index is 1.46. The zero-order valence-corrected chi connectivity index (χ0v) is 15.8. The second kappa shape index (κ2) is 7.72. The molecule has 4 rings (SSSR count). The maximum Gasteiger partial charge on any atom is 0.336 e. The van der Waals surface area contributed by atoms with Gasteiger partial charge in [-0.2, -0.15) is 0 Å². The van der Waals surface area contributed by atoms with Crippen molar-refractivity contribution in [2.75, 3.05) is 26.2 Å². The molecule has 2 heterocycles. The summed E-state index contributed by atoms with van der Waals surface area (Å²) in [5, 5.41) is 10.8. The fourth-order valence-corrected chi connectivity index (χ4v) is 4.01. The number of nitrogens with one attached hydrogen (secondary N) is 2. The minimum Gasteiger partial charge on any atom is -0.506 e. The van der Waals surface area contributed by atoms with E-state index in [1.165, 1.54) is 16.5 Å². The smallest absolute Gasteiger partial charge is 0.336 e. The van der Waals surface area contributed by atoms with E-state index in [1.807, 2.05) is 6.07 Å². The molecule has 0 bridgehead atoms. The quantitative estimate of drug-likeness (QED) is 0.577. The fourth-order valence-electron chi connectivity index (χ4n) is 3.85. The first-order valence-corrected chi connectivity index (χ1v) is 9.62. The number of piperazine rings is 1. The van der Waals surface area contributed by atoms with Gasteiger partial charge in [0.15, 0.2) is 0 Å². The van der Waals surface area contributed by atoms with Crippen LogP contribution in [-0.2, 0) is 13.1 Å². The van der Waals surface area contributed by atoms with Crippen LogP contribution in [0.3, 0.4) is 0 Å². The first kappa shape index (κ1) is 18.0. The topological polar surface area (TPSA) is 59.3 Å². The van der Waals surface area contributed by atoms with Crippen LogP contribution in [-0.4, -0.2) is 31.3 Å². The third-order valence-corrected chi connectivity index (χ3v) is 5.60. The maximum absolute atomic E-state index is 11.9. The van der Waals surface area contributed by atoms with E-state index < -0.39 is 5.63 Å². The molecule has 2 aromatic carbocycles. The second-order valence-electron chi connectivity index (χ2n) is 7.23. The van der Waals surface area contributed by atoms with Gasteiger partial charge >= 0.3 is 5.63 Å². The molecular weight excluding hydrogens is 364 g/mol. The Labute approximate surface area is 162 Å². The van der Waals surface area contributed by atoms with Crippen molar-refractivity contribution in [1.82, 2.24) is 0 Å². The molecule has 1 saturated heterocycles. The summed E-state index contributed by atoms with van der Waals surface area (Å²) in [6.07, 6.45) is 0. The molecule has 1 fully saturated rings. The number of aromatic hydroxyl groups is 1. The van der Waals surface area contributed by atoms with E-state index in [4.69, 9.17) is 16.0 Å². The standard InChI is InChI=1S/C21H21ClN2O3/c22-18-11-17-16(10-21(26)27-20(17)12-19(18)25)14-24-8-6-23(7-9-24)13-15-4-2-1-3-5-15/h1-5,10-12,25H,6-9,13-14H2/p+2. The third kappa shape index (κ3) is 4.16. The number of fused-ring (bicyclic) bond motifs is 1. The molecule has 1 aliphatic heterocycles. The van der Waals surface area contributed by atoms with Gasteiger partial charge in [-0.25, -0.2) is 4.79 Å². The monoisotopic (exact) mass is 386 g/mol. The fraction of sp³-hybridized carbons (Fsp3) is 0.286. The Bertz CT molecular complexity index is 995. The lowest BCUT2D eigenvalue weighted by molar-refractivity contribution is -1.02. The van der Waals surface area contributed by atoms with Gasteiger partial charge in [0.05, 0.1) is 5.02 Å². The van der Waals surface area contributed by atoms with Crippen LogP contribution in [0.25, 0.3) is 11.0 Å². The lowest BCUT2D eigenvalue weighted by Crippen LogP contribution is -3.27. The van der Waals surface area contributed by atoms with Crippen molar-refractivity contribution < 1.29 is 19.3 Å². The van der Waals surface area contributed by atoms with Crippen LogP contribution in [0, 0.1) is 0 Å². The highest BCUT2D eigenvalue weighted by atomic mass is 35.5. The molecule has 0 unspecified atom stereocenters. The number of phenolic OH excluding ortho intramolecular Hbond substituents is 1. The molecular formula is C21H23ClN2O3+2. The molecule has 3 N–H and O–H groups in total. The molecule has 0 radical (unpaired) electrons. The Morgan fingerprint density at radius 3 is 2.33 bits per heavy atom. The van der Waals surface area contributed by atoms with E-state index in [1.54, 1.807) is 17.0 Å². The SMILES string of the molecule is O=c1cc(C[NH+]2CC[NH+](Cc3ccccc3)CC2)c2cc(Cl)c(O)cc2o1. The summed E-state index contributed by atoms with van der Waals surface area (Å²) < 4.78 is 5.22. The van der Waals surface area contributed by atoms with E-state index in [2.05, 4.69) is 24.3 Å². The number of hydrogen-bond acceptors (Lipinski definition) is 3. The Hall–Kier alpha value is -2.34. The summed E-state index contributed by atoms with van der Waals surface area (Å²) in [6, 6.07) is 15.2. The molecule has 5 nitrogen and oxygen atoms in total. The van der Waals surface area contributed by atoms with Gasteiger partial charge in [0.25, 0.3) is 0 Å². The molecule has 1 aromatic heterocycles. The number of benzene rings is 2. The van der Waals surface area contributed by atoms with Crippen LogP contribution in [0.4, 0.5) is 0 Å². The van der Waals surface area contributed by atoms with Crippen molar-refractivity contribution in [3.63, 3.8) is 0 Å². The lowest BCUT2D eigenvalue weighted by atomic mass is 10.1. The largest absolute Gasteiger partial charge is 0.506 e. The number of rotatable bonds is 4. The van der Waals surface area contributed by atoms with Crippen LogP contribution in [0.1, 0.15) is 11.1 Å². The summed E-state index contributed by atoms with van der Waals surface area (Å²) in [5.41, 5.74) is 2.28. The summed E-state index contributed by atoms with van der Waals surface area (Å²) in [7, 11) is 0. The number of phenols is 1. The molecule has 0 amide bonds. The van der Waals surface area contributed by atoms with Gasteiger partial charge in [-0.3, -0.25) is 0 Å². The normalized spacial score (nSPS) is 20.0. The van der Waals surface area contributed by atoms with E-state index in [0.29, 0.717) is 5.58 Å². The van der Waals surface area contributed by atoms with Crippen molar-refractivity contribution in [2.24, 2.45) is 0 Å². The highest BCUT2D eigenvalue weighted by Crippen LogP contribution is 2.29. The van der Waals surface area contributed by atoms with Crippen molar-refractivity contribution in [3.05, 3.63) is 75.1 Å². The third-order valence-electron chi connectivity index (χ3n) is 5.30. The van der Waals surface area contributed by atoms with Gasteiger partial charge in [0.2, 0.25) is 0 Å². The minimum atomic E-state index is -0.396. The summed E-state index contributed by atoms with van der Waals surface area (Å²) >= 11 is 6.06. The molecule has 0 saturated carbocycles. The first-order chi connectivity index (χ1) is 13.1. The van der Waals surface area contributed by atoms with Crippen LogP contribution < -0.4 is 15.4 Å². The molecule has 140 valence electrons. The number of hydrogen-bond donors (Lipinski definition) is 3. The summed E-state index contributed by atoms with van der Waals surface area (Å²) in [5.74, 6) is -0.0741. The molecule has 3 aromatic rings. The van der Waals surface area contributed by atoms with E-state index in [-0.39, 0.29) is 10.8 Å². The van der Waals surface area contributed by atoms with E-state index in [9.17, 15) is 9.90 Å². The van der Waals surface area contributed by atoms with E-state index in [0.717, 1.165) is 50.2 Å². The minimum absolute atomic E-state index is 0.0741. The van der Waals surface area contributed by atoms with Crippen molar-refractivity contribution in [2.45, 2.75) is 13.1 Å². The van der Waals surface area contributed by atoms with Gasteiger partial charge in [0.1, 0.15) is 50.6 Å². The predicted molar refractivity (Wildman–Crippen MR) is 104 cm³/mol. The molecule has 27 heavy (non-hydrogen) atoms. The molecule has 0 aliphatic carbocycles. The zero-order valence-electron chi connectivity index (χ0n) is 15.0. The van der Waals surface area contributed by atoms with Gasteiger partial charge < -0.3 is 19.3 Å². The van der Waals surface area contributed by atoms with Crippen molar-refractivity contribution in [3.8, 4) is 5.75 Å². The maximum atomic E-state index is 11.9. The average Bonchev–Trinajstić information content (AvgIpc) is 2.66. The first-order valence-electron chi connectivity index (χ1n) is 9.25. The second-order valence-corrected chi connectivity index (χ2v) is 7.64. The van der Waals surface area contributed by atoms with Gasteiger partial charge in [-0.1, -0.05) is 41.9 Å². The Morgan fingerprint density at radius 2 is 1.63 bits per heavy atom. The molecule has 6 heteroatoms. The highest BCUT2D eigenvalue weighted by molar-refractivity contribution is 6.32. The Morgan fingerprint density at radius 1 is 0.963 bits per heavy atom. The zero-order chi connectivity index (χ0) is 18.8. The predicted octanol–water partition coefficient (Wildman–Crippen LogP) is 0.636. The molecule has 0 atom stereocenters. The summed E-state index contributed by atoms with van der Waals surface area (Å²) in [4.78, 5) is 14.9. The molecule has 1 aliphatic rings. The van der Waals surface area contributed by atoms with Gasteiger partial charge in [-0.15, -0.1) is 0 Å². The Kier molecular flexibility index (Phi) is 5.16. The number of quaternary nitrogens is 2. The highest BCUT2D eigenvalue weighted by Gasteiger charge is 2.24. The summed E-state index contributed by atoms with van der Waals surface area (Å²) in [6.45, 7) is 6.12. The van der Waals surface area contributed by atoms with E-state index >= 15 is 0 Å². The van der Waals surface area contributed by atoms with Crippen molar-refractivity contribution >= 4 is 22.6 Å². The van der Waals surface area contributed by atoms with Crippen LogP contribution in [0.5, 0.6) is 5.75 Å². The van der Waals surface area contributed by atoms with Crippen LogP contribution in [0.15, 0.2) is 57.7 Å². The van der Waals surface area contributed by atoms with Gasteiger partial charge in [0, 0.05) is 28.6 Å².